The first-order chi connectivity index (χ1) is 10.1. The summed E-state index contributed by atoms with van der Waals surface area (Å²) >= 11 is 0. The van der Waals surface area contributed by atoms with E-state index in [0.717, 1.165) is 9.76 Å². The largest absolute Gasteiger partial charge is 0.392 e. The van der Waals surface area contributed by atoms with Crippen LogP contribution in [0.3, 0.4) is 0 Å². The smallest absolute Gasteiger partial charge is 0.183 e. The van der Waals surface area contributed by atoms with Gasteiger partial charge in [-0.05, 0) is 31.2 Å². The minimum absolute atomic E-state index is 0.0362. The van der Waals surface area contributed by atoms with Crippen molar-refractivity contribution >= 4 is 26.9 Å². The highest BCUT2D eigenvalue weighted by Crippen LogP contribution is 2.30. The molecule has 4 heteroatoms. The topological polar surface area (TPSA) is 54.4 Å². The number of Topliss-reactive ketones (excluding diaryl/α,β-unsaturated/α-hetero) is 2. The molecular weight excluding hydrogens is 284 g/mol. The molecule has 1 aromatic carbocycles. The van der Waals surface area contributed by atoms with Gasteiger partial charge < -0.3 is 5.11 Å². The highest BCUT2D eigenvalue weighted by atomic mass is 32.2. The Morgan fingerprint density at radius 3 is 2.86 bits per heavy atom. The zero-order valence-electron chi connectivity index (χ0n) is 11.7. The van der Waals surface area contributed by atoms with Crippen LogP contribution < -0.4 is 0 Å². The molecule has 1 aliphatic carbocycles. The minimum Gasteiger partial charge on any atom is -0.392 e. The van der Waals surface area contributed by atoms with Gasteiger partial charge in [-0.25, -0.2) is 0 Å². The lowest BCUT2D eigenvalue weighted by atomic mass is 9.90. The quantitative estimate of drug-likeness (QED) is 0.400. The molecule has 0 spiro atoms. The third-order valence-corrected chi connectivity index (χ3v) is 6.55. The van der Waals surface area contributed by atoms with E-state index in [-0.39, 0.29) is 24.1 Å². The van der Waals surface area contributed by atoms with Crippen molar-refractivity contribution in [1.82, 2.24) is 0 Å². The van der Waals surface area contributed by atoms with Crippen LogP contribution in [0.4, 0.5) is 0 Å². The first kappa shape index (κ1) is 14.2. The first-order valence-electron chi connectivity index (χ1n) is 6.93. The molecule has 0 bridgehead atoms. The predicted molar refractivity (Wildman–Crippen MR) is 86.5 cm³/mol. The molecule has 108 valence electrons. The second kappa shape index (κ2) is 5.54. The van der Waals surface area contributed by atoms with Crippen LogP contribution in [0, 0.1) is 5.92 Å². The zero-order valence-corrected chi connectivity index (χ0v) is 12.6. The zero-order chi connectivity index (χ0) is 15.0. The number of thiol groups is 1. The van der Waals surface area contributed by atoms with Crippen molar-refractivity contribution in [3.8, 4) is 0 Å². The normalized spacial score (nSPS) is 23.0. The molecule has 0 amide bonds. The van der Waals surface area contributed by atoms with Crippen LogP contribution in [0.2, 0.25) is 0 Å². The Kier molecular flexibility index (Phi) is 3.74. The molecule has 0 fully saturated rings. The van der Waals surface area contributed by atoms with E-state index in [1.54, 1.807) is 12.1 Å². The van der Waals surface area contributed by atoms with Gasteiger partial charge in [0.15, 0.2) is 11.6 Å². The Labute approximate surface area is 125 Å². The van der Waals surface area contributed by atoms with Crippen molar-refractivity contribution in [2.24, 2.45) is 5.92 Å². The van der Waals surface area contributed by atoms with E-state index in [1.807, 2.05) is 30.4 Å². The third kappa shape index (κ3) is 2.34. The summed E-state index contributed by atoms with van der Waals surface area (Å²) in [7, 11) is -0.707. The maximum absolute atomic E-state index is 12.7. The van der Waals surface area contributed by atoms with Crippen LogP contribution in [0.15, 0.2) is 47.4 Å². The summed E-state index contributed by atoms with van der Waals surface area (Å²) in [5, 5.41) is 9.36. The number of benzene rings is 1. The van der Waals surface area contributed by atoms with Gasteiger partial charge >= 0.3 is 0 Å². The van der Waals surface area contributed by atoms with Crippen molar-refractivity contribution in [2.75, 3.05) is 12.4 Å². The lowest BCUT2D eigenvalue weighted by molar-refractivity contribution is 0.0969. The van der Waals surface area contributed by atoms with Gasteiger partial charge in [-0.15, -0.1) is 0 Å². The average molecular weight is 301 g/mol. The lowest BCUT2D eigenvalue weighted by Crippen LogP contribution is -2.33. The van der Waals surface area contributed by atoms with Crippen molar-refractivity contribution in [1.29, 1.82) is 0 Å². The molecule has 1 aliphatic heterocycles. The van der Waals surface area contributed by atoms with Gasteiger partial charge in [-0.3, -0.25) is 9.59 Å². The molecule has 21 heavy (non-hydrogen) atoms. The van der Waals surface area contributed by atoms with Gasteiger partial charge in [0, 0.05) is 5.56 Å². The lowest BCUT2D eigenvalue weighted by Gasteiger charge is -2.23. The van der Waals surface area contributed by atoms with Gasteiger partial charge in [0.25, 0.3) is 0 Å². The minimum atomic E-state index is -0.707. The molecule has 0 saturated heterocycles. The number of hydrogen-bond acceptors (Lipinski definition) is 3. The molecule has 3 rings (SSSR count). The van der Waals surface area contributed by atoms with Gasteiger partial charge in [-0.2, -0.15) is 0 Å². The van der Waals surface area contributed by atoms with E-state index in [1.165, 1.54) is 6.92 Å². The van der Waals surface area contributed by atoms with E-state index < -0.39 is 10.5 Å². The van der Waals surface area contributed by atoms with Crippen LogP contribution >= 0.6 is 0 Å². The first-order valence-corrected chi connectivity index (χ1v) is 8.45. The average Bonchev–Trinajstić information content (AvgIpc) is 2.51. The van der Waals surface area contributed by atoms with Gasteiger partial charge in [0.05, 0.1) is 12.2 Å². The van der Waals surface area contributed by atoms with E-state index in [4.69, 9.17) is 0 Å². The molecule has 2 atom stereocenters. The number of aliphatic hydroxyl groups excluding tert-OH is 1. The fourth-order valence-corrected chi connectivity index (χ4v) is 5.36. The van der Waals surface area contributed by atoms with Crippen LogP contribution in [0.1, 0.15) is 27.6 Å². The molecule has 0 aromatic heterocycles. The monoisotopic (exact) mass is 301 g/mol. The highest BCUT2D eigenvalue weighted by molar-refractivity contribution is 7.97. The summed E-state index contributed by atoms with van der Waals surface area (Å²) in [5.41, 5.74) is 1.22. The Morgan fingerprint density at radius 1 is 1.33 bits per heavy atom. The molecule has 1 N–H and O–H groups in total. The maximum atomic E-state index is 12.7. The number of hydrogen-bond donors (Lipinski definition) is 1. The number of rotatable bonds is 3. The summed E-state index contributed by atoms with van der Waals surface area (Å²) in [5.74, 6) is 0.438. The molecule has 2 aliphatic rings. The SMILES string of the molecule is CC(=O)c1ccc2c(c1)C(=O)C1C=CC=CC1=[SH+]2CCO. The standard InChI is InChI=1S/C17H16O3S/c1-11(19)12-6-7-16-14(10-12)17(20)13-4-2-3-5-15(13)21(16)9-8-18/h2-7,10,13,18H,8-9H2,1H3/p+1. The van der Waals surface area contributed by atoms with Crippen LogP contribution in [-0.4, -0.2) is 33.9 Å². The number of carbonyl (C=O) groups excluding carboxylic acids is 2. The van der Waals surface area contributed by atoms with Crippen molar-refractivity contribution in [2.45, 2.75) is 11.8 Å². The highest BCUT2D eigenvalue weighted by Gasteiger charge is 2.36. The van der Waals surface area contributed by atoms with Crippen molar-refractivity contribution in [3.05, 3.63) is 53.6 Å². The Morgan fingerprint density at radius 2 is 2.14 bits per heavy atom. The van der Waals surface area contributed by atoms with Crippen LogP contribution in [-0.2, 0) is 10.5 Å². The number of aliphatic hydroxyl groups is 1. The van der Waals surface area contributed by atoms with E-state index in [0.29, 0.717) is 16.9 Å². The number of ketones is 2. The Hall–Kier alpha value is -1.78. The summed E-state index contributed by atoms with van der Waals surface area (Å²) in [4.78, 5) is 26.4. The second-order valence-corrected chi connectivity index (χ2v) is 7.48. The van der Waals surface area contributed by atoms with E-state index in [2.05, 4.69) is 0 Å². The van der Waals surface area contributed by atoms with Crippen molar-refractivity contribution in [3.63, 3.8) is 0 Å². The molecule has 3 nitrogen and oxygen atoms in total. The molecule has 0 radical (unpaired) electrons. The predicted octanol–water partition coefficient (Wildman–Crippen LogP) is 1.70. The van der Waals surface area contributed by atoms with Gasteiger partial charge in [0.1, 0.15) is 21.4 Å². The molecule has 2 unspecified atom stereocenters. The summed E-state index contributed by atoms with van der Waals surface area (Å²) in [6.07, 6.45) is 7.75. The van der Waals surface area contributed by atoms with Crippen LogP contribution in [0.25, 0.3) is 0 Å². The number of carbonyl (C=O) groups is 2. The maximum Gasteiger partial charge on any atom is 0.183 e. The second-order valence-electron chi connectivity index (χ2n) is 5.17. The summed E-state index contributed by atoms with van der Waals surface area (Å²) in [6.45, 7) is 1.61. The summed E-state index contributed by atoms with van der Waals surface area (Å²) in [6, 6.07) is 5.39. The fourth-order valence-electron chi connectivity index (χ4n) is 2.86. The Balaban J connectivity index is 2.23. The van der Waals surface area contributed by atoms with Gasteiger partial charge in [0.2, 0.25) is 0 Å². The number of allylic oxidation sites excluding steroid dienone is 4. The fraction of sp³-hybridized carbons (Fsp3) is 0.235. The van der Waals surface area contributed by atoms with E-state index >= 15 is 0 Å². The third-order valence-electron chi connectivity index (χ3n) is 3.88. The number of fused-ring (bicyclic) bond motifs is 2. The molecular formula is C17H17O3S+. The summed E-state index contributed by atoms with van der Waals surface area (Å²) < 4.78 is 0. The van der Waals surface area contributed by atoms with Crippen molar-refractivity contribution < 1.29 is 14.7 Å². The van der Waals surface area contributed by atoms with Crippen LogP contribution in [0.5, 0.6) is 0 Å². The van der Waals surface area contributed by atoms with E-state index in [9.17, 15) is 14.7 Å². The molecule has 1 heterocycles. The van der Waals surface area contributed by atoms with Gasteiger partial charge in [-0.1, -0.05) is 28.7 Å². The molecule has 1 aromatic rings. The molecule has 0 saturated carbocycles. The Bertz CT molecular complexity index is 726.